The Morgan fingerprint density at radius 2 is 2.17 bits per heavy atom. The van der Waals surface area contributed by atoms with Crippen LogP contribution in [0.25, 0.3) is 0 Å². The first kappa shape index (κ1) is 14.3. The predicted octanol–water partition coefficient (Wildman–Crippen LogP) is 1.76. The Bertz CT molecular complexity index is 489. The zero-order valence-corrected chi connectivity index (χ0v) is 12.7. The first-order valence-electron chi connectivity index (χ1n) is 5.79. The van der Waals surface area contributed by atoms with Gasteiger partial charge in [0.15, 0.2) is 0 Å². The minimum absolute atomic E-state index is 0.215. The lowest BCUT2D eigenvalue weighted by Gasteiger charge is -2.30. The number of thiophene rings is 1. The van der Waals surface area contributed by atoms with Gasteiger partial charge in [-0.1, -0.05) is 0 Å². The van der Waals surface area contributed by atoms with E-state index in [2.05, 4.69) is 6.26 Å². The molecule has 1 aliphatic rings. The number of hydrogen-bond acceptors (Lipinski definition) is 5. The highest BCUT2D eigenvalue weighted by molar-refractivity contribution is 7.99. The van der Waals surface area contributed by atoms with Crippen molar-refractivity contribution in [1.29, 1.82) is 0 Å². The van der Waals surface area contributed by atoms with E-state index in [1.165, 1.54) is 11.3 Å². The van der Waals surface area contributed by atoms with Gasteiger partial charge < -0.3 is 5.11 Å². The Balaban J connectivity index is 2.17. The summed E-state index contributed by atoms with van der Waals surface area (Å²) in [5.41, 5.74) is 0. The second kappa shape index (κ2) is 5.92. The van der Waals surface area contributed by atoms with Gasteiger partial charge in [-0.2, -0.15) is 16.1 Å². The molecule has 0 radical (unpaired) electrons. The molecular weight excluding hydrogens is 290 g/mol. The van der Waals surface area contributed by atoms with Crippen molar-refractivity contribution in [2.24, 2.45) is 0 Å². The molecule has 0 saturated carbocycles. The zero-order chi connectivity index (χ0) is 13.2. The normalized spacial score (nSPS) is 19.2. The number of aliphatic hydroxyl groups is 1. The van der Waals surface area contributed by atoms with Gasteiger partial charge in [0.05, 0.1) is 11.5 Å². The fourth-order valence-electron chi connectivity index (χ4n) is 2.12. The molecule has 1 aromatic heterocycles. The van der Waals surface area contributed by atoms with Crippen molar-refractivity contribution >= 4 is 33.1 Å². The van der Waals surface area contributed by atoms with Gasteiger partial charge in [0.25, 0.3) is 0 Å². The highest BCUT2D eigenvalue weighted by atomic mass is 32.2. The first-order chi connectivity index (χ1) is 8.59. The van der Waals surface area contributed by atoms with Crippen molar-refractivity contribution in [1.82, 2.24) is 4.31 Å². The Labute approximate surface area is 116 Å². The monoisotopic (exact) mass is 307 g/mol. The van der Waals surface area contributed by atoms with Crippen molar-refractivity contribution in [3.8, 4) is 0 Å². The summed E-state index contributed by atoms with van der Waals surface area (Å²) in [6, 6.07) is 1.59. The van der Waals surface area contributed by atoms with Crippen molar-refractivity contribution in [2.75, 3.05) is 19.3 Å². The van der Waals surface area contributed by atoms with E-state index >= 15 is 0 Å². The topological polar surface area (TPSA) is 57.6 Å². The summed E-state index contributed by atoms with van der Waals surface area (Å²) in [6.45, 7) is 0.941. The maximum absolute atomic E-state index is 12.4. The minimum atomic E-state index is -3.42. The van der Waals surface area contributed by atoms with Crippen LogP contribution in [0.3, 0.4) is 0 Å². The van der Waals surface area contributed by atoms with Crippen LogP contribution in [-0.4, -0.2) is 42.4 Å². The average molecular weight is 307 g/mol. The van der Waals surface area contributed by atoms with E-state index in [-0.39, 0.29) is 11.5 Å². The SMILES string of the molecule is CSC1CCN(S(=O)(=O)c2ccsc2CO)CC1. The van der Waals surface area contributed by atoms with Gasteiger partial charge in [-0.15, -0.1) is 11.3 Å². The van der Waals surface area contributed by atoms with Crippen molar-refractivity contribution in [3.05, 3.63) is 16.3 Å². The molecule has 4 nitrogen and oxygen atoms in total. The Hall–Kier alpha value is -0.0800. The zero-order valence-electron chi connectivity index (χ0n) is 10.2. The smallest absolute Gasteiger partial charge is 0.244 e. The molecular formula is C11H17NO3S3. The molecule has 1 fully saturated rings. The van der Waals surface area contributed by atoms with Crippen molar-refractivity contribution < 1.29 is 13.5 Å². The molecule has 102 valence electrons. The molecule has 0 bridgehead atoms. The van der Waals surface area contributed by atoms with Crippen LogP contribution < -0.4 is 0 Å². The number of aliphatic hydroxyl groups excluding tert-OH is 1. The fourth-order valence-corrected chi connectivity index (χ4v) is 5.54. The lowest BCUT2D eigenvalue weighted by atomic mass is 10.2. The van der Waals surface area contributed by atoms with E-state index in [0.29, 0.717) is 23.2 Å². The van der Waals surface area contributed by atoms with Crippen LogP contribution in [0.2, 0.25) is 0 Å². The summed E-state index contributed by atoms with van der Waals surface area (Å²) in [5, 5.41) is 11.5. The number of nitrogens with zero attached hydrogens (tertiary/aromatic N) is 1. The lowest BCUT2D eigenvalue weighted by Crippen LogP contribution is -2.39. The second-order valence-corrected chi connectivity index (χ2v) is 8.25. The molecule has 1 saturated heterocycles. The molecule has 0 unspecified atom stereocenters. The van der Waals surface area contributed by atoms with Crippen LogP contribution >= 0.6 is 23.1 Å². The molecule has 1 N–H and O–H groups in total. The van der Waals surface area contributed by atoms with E-state index < -0.39 is 10.0 Å². The minimum Gasteiger partial charge on any atom is -0.391 e. The second-order valence-electron chi connectivity index (χ2n) is 4.21. The summed E-state index contributed by atoms with van der Waals surface area (Å²) in [5.74, 6) is 0. The summed E-state index contributed by atoms with van der Waals surface area (Å²) in [4.78, 5) is 0.805. The van der Waals surface area contributed by atoms with Crippen LogP contribution in [0.4, 0.5) is 0 Å². The predicted molar refractivity (Wildman–Crippen MR) is 75.5 cm³/mol. The van der Waals surface area contributed by atoms with E-state index in [0.717, 1.165) is 12.8 Å². The van der Waals surface area contributed by atoms with Gasteiger partial charge in [-0.3, -0.25) is 0 Å². The molecule has 18 heavy (non-hydrogen) atoms. The largest absolute Gasteiger partial charge is 0.391 e. The number of thioether (sulfide) groups is 1. The third-order valence-electron chi connectivity index (χ3n) is 3.20. The molecule has 1 aliphatic heterocycles. The Morgan fingerprint density at radius 3 is 2.72 bits per heavy atom. The van der Waals surface area contributed by atoms with Crippen LogP contribution in [0.1, 0.15) is 17.7 Å². The summed E-state index contributed by atoms with van der Waals surface area (Å²) in [7, 11) is -3.42. The standard InChI is InChI=1S/C11H17NO3S3/c1-16-9-2-5-12(6-3-9)18(14,15)11-4-7-17-10(11)8-13/h4,7,9,13H,2-3,5-6,8H2,1H3. The highest BCUT2D eigenvalue weighted by Crippen LogP contribution is 2.29. The van der Waals surface area contributed by atoms with Crippen LogP contribution in [0.5, 0.6) is 0 Å². The van der Waals surface area contributed by atoms with Gasteiger partial charge in [0.2, 0.25) is 10.0 Å². The van der Waals surface area contributed by atoms with E-state index in [4.69, 9.17) is 0 Å². The van der Waals surface area contributed by atoms with Gasteiger partial charge in [-0.25, -0.2) is 8.42 Å². The maximum atomic E-state index is 12.4. The van der Waals surface area contributed by atoms with Crippen LogP contribution in [0.15, 0.2) is 16.3 Å². The van der Waals surface area contributed by atoms with E-state index in [9.17, 15) is 13.5 Å². The third-order valence-corrected chi connectivity index (χ3v) is 7.36. The van der Waals surface area contributed by atoms with Crippen molar-refractivity contribution in [3.63, 3.8) is 0 Å². The first-order valence-corrected chi connectivity index (χ1v) is 9.40. The molecule has 2 heterocycles. The lowest BCUT2D eigenvalue weighted by molar-refractivity contribution is 0.281. The van der Waals surface area contributed by atoms with Crippen LogP contribution in [-0.2, 0) is 16.6 Å². The number of rotatable bonds is 4. The fraction of sp³-hybridized carbons (Fsp3) is 0.636. The molecule has 7 heteroatoms. The van der Waals surface area contributed by atoms with Gasteiger partial charge in [0, 0.05) is 23.2 Å². The maximum Gasteiger partial charge on any atom is 0.244 e. The summed E-state index contributed by atoms with van der Waals surface area (Å²) < 4.78 is 26.4. The van der Waals surface area contributed by atoms with E-state index in [1.54, 1.807) is 27.5 Å². The molecule has 2 rings (SSSR count). The van der Waals surface area contributed by atoms with Gasteiger partial charge >= 0.3 is 0 Å². The Morgan fingerprint density at radius 1 is 1.50 bits per heavy atom. The van der Waals surface area contributed by atoms with Gasteiger partial charge in [-0.05, 0) is 30.5 Å². The highest BCUT2D eigenvalue weighted by Gasteiger charge is 2.30. The molecule has 0 spiro atoms. The number of sulfonamides is 1. The molecule has 0 aliphatic carbocycles. The number of piperidine rings is 1. The third kappa shape index (κ3) is 2.75. The molecule has 0 aromatic carbocycles. The summed E-state index contributed by atoms with van der Waals surface area (Å²) >= 11 is 3.09. The average Bonchev–Trinajstić information content (AvgIpc) is 2.88. The quantitative estimate of drug-likeness (QED) is 0.921. The van der Waals surface area contributed by atoms with Gasteiger partial charge in [0.1, 0.15) is 0 Å². The van der Waals surface area contributed by atoms with Crippen molar-refractivity contribution in [2.45, 2.75) is 29.6 Å². The molecule has 0 atom stereocenters. The number of hydrogen-bond donors (Lipinski definition) is 1. The van der Waals surface area contributed by atoms with E-state index in [1.807, 2.05) is 0 Å². The van der Waals surface area contributed by atoms with Crippen LogP contribution in [0, 0.1) is 0 Å². The Kier molecular flexibility index (Phi) is 4.71. The molecule has 1 aromatic rings. The molecule has 0 amide bonds. The summed E-state index contributed by atoms with van der Waals surface area (Å²) in [6.07, 6.45) is 3.87.